The number of aliphatic imine (C=N–C) groups is 1. The number of carbonyl (C=O) groups excluding carboxylic acids is 1. The third-order valence-electron chi connectivity index (χ3n) is 3.77. The normalized spacial score (nSPS) is 16.6. The molecule has 1 heterocycles. The van der Waals surface area contributed by atoms with Crippen molar-refractivity contribution in [3.8, 4) is 5.75 Å². The Balaban J connectivity index is 1.73. The van der Waals surface area contributed by atoms with E-state index in [1.807, 2.05) is 32.0 Å². The van der Waals surface area contributed by atoms with Crippen molar-refractivity contribution >= 4 is 40.6 Å². The summed E-state index contributed by atoms with van der Waals surface area (Å²) in [5.41, 5.74) is 3.84. The van der Waals surface area contributed by atoms with E-state index in [0.717, 1.165) is 22.4 Å². The highest BCUT2D eigenvalue weighted by molar-refractivity contribution is 8.18. The molecule has 1 aliphatic heterocycles. The molecule has 0 aliphatic carbocycles. The summed E-state index contributed by atoms with van der Waals surface area (Å²) in [4.78, 5) is 27.8. The van der Waals surface area contributed by atoms with Gasteiger partial charge in [-0.05, 0) is 61.0 Å². The van der Waals surface area contributed by atoms with Crippen LogP contribution in [0.3, 0.4) is 0 Å². The number of carboxylic acids is 1. The smallest absolute Gasteiger partial charge is 0.341 e. The lowest BCUT2D eigenvalue weighted by Crippen LogP contribution is -2.19. The number of carboxylic acid groups (broad SMARTS) is 1. The van der Waals surface area contributed by atoms with Gasteiger partial charge in [-0.1, -0.05) is 29.8 Å². The number of hydrogen-bond acceptors (Lipinski definition) is 5. The number of aliphatic carboxylic acids is 1. The molecule has 0 unspecified atom stereocenters. The van der Waals surface area contributed by atoms with Gasteiger partial charge in [0.2, 0.25) is 0 Å². The van der Waals surface area contributed by atoms with Crippen LogP contribution in [-0.2, 0) is 9.59 Å². The summed E-state index contributed by atoms with van der Waals surface area (Å²) in [7, 11) is 0. The number of hydrogen-bond donors (Lipinski definition) is 2. The highest BCUT2D eigenvalue weighted by Crippen LogP contribution is 2.29. The Hall–Kier alpha value is -3.06. The van der Waals surface area contributed by atoms with E-state index in [9.17, 15) is 9.59 Å². The molecule has 2 aromatic carbocycles. The fourth-order valence-corrected chi connectivity index (χ4v) is 3.31. The van der Waals surface area contributed by atoms with Crippen molar-refractivity contribution in [3.63, 3.8) is 0 Å². The Morgan fingerprint density at radius 2 is 1.96 bits per heavy atom. The lowest BCUT2D eigenvalue weighted by Gasteiger charge is -2.03. The Labute approximate surface area is 161 Å². The van der Waals surface area contributed by atoms with Gasteiger partial charge in [-0.25, -0.2) is 9.79 Å². The average molecular weight is 382 g/mol. The highest BCUT2D eigenvalue weighted by Gasteiger charge is 2.23. The fraction of sp³-hybridized carbons (Fsp3) is 0.150. The van der Waals surface area contributed by atoms with Gasteiger partial charge < -0.3 is 15.2 Å². The van der Waals surface area contributed by atoms with Crippen LogP contribution in [-0.4, -0.2) is 28.8 Å². The van der Waals surface area contributed by atoms with Gasteiger partial charge in [-0.3, -0.25) is 4.79 Å². The molecule has 0 bridgehead atoms. The standard InChI is InChI=1S/C20H18N2O4S/c1-12-3-8-16(13(2)9-12)21-20-22-19(25)17(27-20)10-14-4-6-15(7-5-14)26-11-18(23)24/h3-10H,11H2,1-2H3,(H,23,24)(H,21,22,25)/b17-10+. The van der Waals surface area contributed by atoms with Crippen LogP contribution in [0.5, 0.6) is 5.75 Å². The van der Waals surface area contributed by atoms with Gasteiger partial charge in [0, 0.05) is 0 Å². The SMILES string of the molecule is Cc1ccc(N=C2NC(=O)/C(=C\c3ccc(OCC(=O)O)cc3)S2)c(C)c1. The van der Waals surface area contributed by atoms with Crippen molar-refractivity contribution < 1.29 is 19.4 Å². The number of ether oxygens (including phenoxy) is 1. The predicted molar refractivity (Wildman–Crippen MR) is 106 cm³/mol. The molecule has 0 saturated carbocycles. The molecule has 1 aliphatic rings. The van der Waals surface area contributed by atoms with Gasteiger partial charge in [-0.15, -0.1) is 0 Å². The van der Waals surface area contributed by atoms with Crippen molar-refractivity contribution in [2.75, 3.05) is 6.61 Å². The number of carbonyl (C=O) groups is 2. The zero-order chi connectivity index (χ0) is 19.4. The summed E-state index contributed by atoms with van der Waals surface area (Å²) in [6.45, 7) is 3.62. The largest absolute Gasteiger partial charge is 0.482 e. The molecule has 2 aromatic rings. The molecule has 0 aromatic heterocycles. The molecule has 138 valence electrons. The van der Waals surface area contributed by atoms with Crippen LogP contribution < -0.4 is 10.1 Å². The summed E-state index contributed by atoms with van der Waals surface area (Å²) in [5.74, 6) is -0.772. The Morgan fingerprint density at radius 1 is 1.22 bits per heavy atom. The monoisotopic (exact) mass is 382 g/mol. The van der Waals surface area contributed by atoms with E-state index in [-0.39, 0.29) is 5.91 Å². The van der Waals surface area contributed by atoms with E-state index in [2.05, 4.69) is 10.3 Å². The van der Waals surface area contributed by atoms with E-state index in [0.29, 0.717) is 15.8 Å². The quantitative estimate of drug-likeness (QED) is 0.771. The molecule has 6 nitrogen and oxygen atoms in total. The molecule has 0 radical (unpaired) electrons. The van der Waals surface area contributed by atoms with Crippen molar-refractivity contribution in [2.45, 2.75) is 13.8 Å². The van der Waals surface area contributed by atoms with Crippen LogP contribution in [0.2, 0.25) is 0 Å². The van der Waals surface area contributed by atoms with E-state index in [1.165, 1.54) is 11.8 Å². The predicted octanol–water partition coefficient (Wildman–Crippen LogP) is 3.66. The first kappa shape index (κ1) is 18.7. The molecule has 0 atom stereocenters. The summed E-state index contributed by atoms with van der Waals surface area (Å²) >= 11 is 1.28. The van der Waals surface area contributed by atoms with E-state index in [1.54, 1.807) is 30.3 Å². The topological polar surface area (TPSA) is 88.0 Å². The Morgan fingerprint density at radius 3 is 2.63 bits per heavy atom. The highest BCUT2D eigenvalue weighted by atomic mass is 32.2. The van der Waals surface area contributed by atoms with Crippen LogP contribution in [0.1, 0.15) is 16.7 Å². The number of benzene rings is 2. The minimum atomic E-state index is -1.03. The molecule has 1 fully saturated rings. The Kier molecular flexibility index (Phi) is 5.61. The van der Waals surface area contributed by atoms with Crippen LogP contribution in [0.25, 0.3) is 6.08 Å². The number of thioether (sulfide) groups is 1. The third-order valence-corrected chi connectivity index (χ3v) is 4.68. The number of rotatable bonds is 5. The van der Waals surface area contributed by atoms with Gasteiger partial charge in [0.15, 0.2) is 11.8 Å². The molecule has 0 spiro atoms. The lowest BCUT2D eigenvalue weighted by molar-refractivity contribution is -0.139. The second kappa shape index (κ2) is 8.09. The van der Waals surface area contributed by atoms with Gasteiger partial charge in [0.25, 0.3) is 5.91 Å². The summed E-state index contributed by atoms with van der Waals surface area (Å²) in [6.07, 6.45) is 1.76. The molecular weight excluding hydrogens is 364 g/mol. The first-order valence-corrected chi connectivity index (χ1v) is 9.04. The first-order valence-electron chi connectivity index (χ1n) is 8.22. The van der Waals surface area contributed by atoms with Crippen LogP contribution in [0.4, 0.5) is 5.69 Å². The maximum atomic E-state index is 12.2. The zero-order valence-corrected chi connectivity index (χ0v) is 15.7. The maximum absolute atomic E-state index is 12.2. The third kappa shape index (κ3) is 4.98. The number of amidine groups is 1. The average Bonchev–Trinajstić information content (AvgIpc) is 2.96. The molecular formula is C20H18N2O4S. The van der Waals surface area contributed by atoms with Gasteiger partial charge in [0.05, 0.1) is 10.6 Å². The first-order chi connectivity index (χ1) is 12.9. The van der Waals surface area contributed by atoms with Crippen LogP contribution >= 0.6 is 11.8 Å². The summed E-state index contributed by atoms with van der Waals surface area (Å²) in [5, 5.41) is 11.9. The molecule has 3 rings (SSSR count). The molecule has 7 heteroatoms. The van der Waals surface area contributed by atoms with Gasteiger partial charge >= 0.3 is 5.97 Å². The van der Waals surface area contributed by atoms with E-state index >= 15 is 0 Å². The lowest BCUT2D eigenvalue weighted by atomic mass is 10.1. The van der Waals surface area contributed by atoms with Crippen LogP contribution in [0, 0.1) is 13.8 Å². The summed E-state index contributed by atoms with van der Waals surface area (Å²) < 4.78 is 5.09. The van der Waals surface area contributed by atoms with E-state index in [4.69, 9.17) is 9.84 Å². The Bertz CT molecular complexity index is 949. The van der Waals surface area contributed by atoms with E-state index < -0.39 is 12.6 Å². The molecule has 2 N–H and O–H groups in total. The number of nitrogens with one attached hydrogen (secondary N) is 1. The van der Waals surface area contributed by atoms with Crippen molar-refractivity contribution in [1.82, 2.24) is 5.32 Å². The molecule has 1 saturated heterocycles. The van der Waals surface area contributed by atoms with Crippen molar-refractivity contribution in [1.29, 1.82) is 0 Å². The minimum absolute atomic E-state index is 0.199. The van der Waals surface area contributed by atoms with Crippen LogP contribution in [0.15, 0.2) is 52.4 Å². The summed E-state index contributed by atoms with van der Waals surface area (Å²) in [6, 6.07) is 12.8. The molecule has 1 amide bonds. The van der Waals surface area contributed by atoms with Gasteiger partial charge in [-0.2, -0.15) is 0 Å². The minimum Gasteiger partial charge on any atom is -0.482 e. The number of aryl methyl sites for hydroxylation is 2. The second-order valence-electron chi connectivity index (χ2n) is 6.02. The second-order valence-corrected chi connectivity index (χ2v) is 7.05. The fourth-order valence-electron chi connectivity index (χ4n) is 2.48. The van der Waals surface area contributed by atoms with Crippen molar-refractivity contribution in [3.05, 3.63) is 64.1 Å². The number of nitrogens with zero attached hydrogens (tertiary/aromatic N) is 1. The van der Waals surface area contributed by atoms with Gasteiger partial charge in [0.1, 0.15) is 5.75 Å². The zero-order valence-electron chi connectivity index (χ0n) is 14.9. The number of amides is 1. The maximum Gasteiger partial charge on any atom is 0.341 e. The van der Waals surface area contributed by atoms with Crippen molar-refractivity contribution in [2.24, 2.45) is 4.99 Å². The molecule has 27 heavy (non-hydrogen) atoms.